The van der Waals surface area contributed by atoms with E-state index in [2.05, 4.69) is 12.2 Å². The number of hydrogen-bond acceptors (Lipinski definition) is 6. The lowest BCUT2D eigenvalue weighted by Gasteiger charge is -2.35. The van der Waals surface area contributed by atoms with E-state index in [1.165, 1.54) is 4.90 Å². The molecule has 0 heterocycles. The SMILES string of the molecule is CCCCCN(C(=O)NC(C(N)=O)C1CCCCC1)C(=O)C(c1cc(OC)c(OC)c(OC)c1)C1CCCCC1. The Morgan fingerprint density at radius 2 is 1.43 bits per heavy atom. The third-order valence-corrected chi connectivity index (χ3v) is 8.64. The summed E-state index contributed by atoms with van der Waals surface area (Å²) in [6.45, 7) is 2.36. The van der Waals surface area contributed by atoms with Gasteiger partial charge in [-0.1, -0.05) is 58.3 Å². The van der Waals surface area contributed by atoms with Gasteiger partial charge in [0.15, 0.2) is 11.5 Å². The number of hydrogen-bond donors (Lipinski definition) is 2. The highest BCUT2D eigenvalue weighted by Gasteiger charge is 2.39. The second-order valence-electron chi connectivity index (χ2n) is 11.3. The molecule has 2 aliphatic rings. The maximum Gasteiger partial charge on any atom is 0.324 e. The molecule has 1 aromatic carbocycles. The zero-order valence-corrected chi connectivity index (χ0v) is 24.8. The number of urea groups is 1. The molecular formula is C31H49N3O6. The fraction of sp³-hybridized carbons (Fsp3) is 0.710. The third kappa shape index (κ3) is 7.82. The number of nitrogens with two attached hydrogens (primary N) is 1. The molecule has 0 aliphatic heterocycles. The minimum atomic E-state index is -0.788. The summed E-state index contributed by atoms with van der Waals surface area (Å²) in [6, 6.07) is 2.33. The molecule has 2 aliphatic carbocycles. The summed E-state index contributed by atoms with van der Waals surface area (Å²) in [4.78, 5) is 42.1. The van der Waals surface area contributed by atoms with E-state index in [1.807, 2.05) is 12.1 Å². The molecule has 2 saturated carbocycles. The monoisotopic (exact) mass is 559 g/mol. The second kappa shape index (κ2) is 15.7. The summed E-state index contributed by atoms with van der Waals surface area (Å²) in [5, 5.41) is 2.89. The average Bonchev–Trinajstić information content (AvgIpc) is 2.98. The zero-order chi connectivity index (χ0) is 29.1. The molecule has 9 heteroatoms. The summed E-state index contributed by atoms with van der Waals surface area (Å²) < 4.78 is 16.7. The summed E-state index contributed by atoms with van der Waals surface area (Å²) in [7, 11) is 4.65. The summed E-state index contributed by atoms with van der Waals surface area (Å²) >= 11 is 0. The first kappa shape index (κ1) is 31.6. The highest BCUT2D eigenvalue weighted by Crippen LogP contribution is 2.44. The Hall–Kier alpha value is -2.97. The van der Waals surface area contributed by atoms with Gasteiger partial charge in [-0.15, -0.1) is 0 Å². The van der Waals surface area contributed by atoms with Gasteiger partial charge < -0.3 is 25.3 Å². The fourth-order valence-electron chi connectivity index (χ4n) is 6.46. The van der Waals surface area contributed by atoms with Crippen molar-refractivity contribution in [1.82, 2.24) is 10.2 Å². The van der Waals surface area contributed by atoms with Gasteiger partial charge in [-0.05, 0) is 61.6 Å². The highest BCUT2D eigenvalue weighted by molar-refractivity contribution is 5.99. The number of carbonyl (C=O) groups excluding carboxylic acids is 3. The molecule has 2 fully saturated rings. The number of rotatable bonds is 13. The van der Waals surface area contributed by atoms with Crippen molar-refractivity contribution in [3.8, 4) is 17.2 Å². The number of imide groups is 1. The fourth-order valence-corrected chi connectivity index (χ4v) is 6.46. The number of amides is 4. The highest BCUT2D eigenvalue weighted by atomic mass is 16.5. The summed E-state index contributed by atoms with van der Waals surface area (Å²) in [6.07, 6.45) is 12.3. The predicted molar refractivity (Wildman–Crippen MR) is 155 cm³/mol. The summed E-state index contributed by atoms with van der Waals surface area (Å²) in [5.74, 6) is 0.0808. The van der Waals surface area contributed by atoms with Crippen molar-refractivity contribution in [3.05, 3.63) is 17.7 Å². The molecule has 0 spiro atoms. The molecule has 2 unspecified atom stereocenters. The number of ether oxygens (including phenoxy) is 3. The Balaban J connectivity index is 2.00. The largest absolute Gasteiger partial charge is 0.493 e. The topological polar surface area (TPSA) is 120 Å². The number of benzene rings is 1. The van der Waals surface area contributed by atoms with Gasteiger partial charge >= 0.3 is 6.03 Å². The molecular weight excluding hydrogens is 510 g/mol. The predicted octanol–water partition coefficient (Wildman–Crippen LogP) is 5.54. The van der Waals surface area contributed by atoms with Crippen LogP contribution in [0, 0.1) is 11.8 Å². The number of unbranched alkanes of at least 4 members (excludes halogenated alkanes) is 2. The molecule has 0 saturated heterocycles. The van der Waals surface area contributed by atoms with Crippen molar-refractivity contribution >= 4 is 17.8 Å². The van der Waals surface area contributed by atoms with Crippen LogP contribution in [0.15, 0.2) is 12.1 Å². The van der Waals surface area contributed by atoms with E-state index in [-0.39, 0.29) is 24.3 Å². The van der Waals surface area contributed by atoms with Gasteiger partial charge in [0.05, 0.1) is 27.2 Å². The average molecular weight is 560 g/mol. The Bertz CT molecular complexity index is 962. The van der Waals surface area contributed by atoms with Crippen LogP contribution >= 0.6 is 0 Å². The van der Waals surface area contributed by atoms with Crippen molar-refractivity contribution in [3.63, 3.8) is 0 Å². The smallest absolute Gasteiger partial charge is 0.324 e. The van der Waals surface area contributed by atoms with Gasteiger partial charge in [-0.25, -0.2) is 4.79 Å². The zero-order valence-electron chi connectivity index (χ0n) is 24.8. The van der Waals surface area contributed by atoms with E-state index in [0.717, 1.165) is 82.6 Å². The van der Waals surface area contributed by atoms with Crippen LogP contribution < -0.4 is 25.3 Å². The first-order valence-corrected chi connectivity index (χ1v) is 15.1. The van der Waals surface area contributed by atoms with Crippen LogP contribution in [0.1, 0.15) is 102 Å². The van der Waals surface area contributed by atoms with Crippen LogP contribution in [0.25, 0.3) is 0 Å². The van der Waals surface area contributed by atoms with Gasteiger partial charge in [-0.2, -0.15) is 0 Å². The van der Waals surface area contributed by atoms with E-state index in [4.69, 9.17) is 19.9 Å². The molecule has 40 heavy (non-hydrogen) atoms. The molecule has 3 N–H and O–H groups in total. The maximum atomic E-state index is 14.5. The van der Waals surface area contributed by atoms with Crippen LogP contribution in [-0.2, 0) is 9.59 Å². The first-order chi connectivity index (χ1) is 19.4. The quantitative estimate of drug-likeness (QED) is 0.306. The molecule has 4 amide bonds. The Labute approximate surface area is 239 Å². The number of primary amides is 1. The lowest BCUT2D eigenvalue weighted by Crippen LogP contribution is -2.55. The Kier molecular flexibility index (Phi) is 12.4. The second-order valence-corrected chi connectivity index (χ2v) is 11.3. The molecule has 9 nitrogen and oxygen atoms in total. The molecule has 2 atom stereocenters. The number of nitrogens with zero attached hydrogens (tertiary/aromatic N) is 1. The minimum Gasteiger partial charge on any atom is -0.493 e. The molecule has 1 aromatic rings. The standard InChI is InChI=1S/C31H49N3O6/c1-5-6-13-18-34(31(37)33-27(29(32)35)22-16-11-8-12-17-22)30(36)26(21-14-9-7-10-15-21)23-19-24(38-2)28(40-4)25(20-23)39-3/h19-22,26-27H,5-18H2,1-4H3,(H2,32,35)(H,33,37). The van der Waals surface area contributed by atoms with E-state index in [9.17, 15) is 14.4 Å². The van der Waals surface area contributed by atoms with Crippen molar-refractivity contribution in [2.75, 3.05) is 27.9 Å². The van der Waals surface area contributed by atoms with Crippen molar-refractivity contribution in [2.24, 2.45) is 17.6 Å². The van der Waals surface area contributed by atoms with Gasteiger partial charge in [-0.3, -0.25) is 14.5 Å². The van der Waals surface area contributed by atoms with Gasteiger partial charge in [0.25, 0.3) is 0 Å². The lowest BCUT2D eigenvalue weighted by atomic mass is 9.76. The Morgan fingerprint density at radius 1 is 0.875 bits per heavy atom. The van der Waals surface area contributed by atoms with Crippen molar-refractivity contribution in [2.45, 2.75) is 102 Å². The van der Waals surface area contributed by atoms with Gasteiger partial charge in [0, 0.05) is 6.54 Å². The van der Waals surface area contributed by atoms with Crippen molar-refractivity contribution < 1.29 is 28.6 Å². The normalized spacial score (nSPS) is 17.9. The first-order valence-electron chi connectivity index (χ1n) is 15.1. The van der Waals surface area contributed by atoms with E-state index >= 15 is 0 Å². The maximum absolute atomic E-state index is 14.5. The van der Waals surface area contributed by atoms with Gasteiger partial charge in [0.2, 0.25) is 17.6 Å². The lowest BCUT2D eigenvalue weighted by molar-refractivity contribution is -0.132. The van der Waals surface area contributed by atoms with Crippen molar-refractivity contribution in [1.29, 1.82) is 0 Å². The van der Waals surface area contributed by atoms with Crippen LogP contribution in [-0.4, -0.2) is 56.7 Å². The van der Waals surface area contributed by atoms with Crippen LogP contribution in [0.2, 0.25) is 0 Å². The van der Waals surface area contributed by atoms with Crippen LogP contribution in [0.3, 0.4) is 0 Å². The van der Waals surface area contributed by atoms with Crippen LogP contribution in [0.5, 0.6) is 17.2 Å². The van der Waals surface area contributed by atoms with Gasteiger partial charge in [0.1, 0.15) is 6.04 Å². The molecule has 0 aromatic heterocycles. The molecule has 0 bridgehead atoms. The van der Waals surface area contributed by atoms with E-state index in [1.54, 1.807) is 21.3 Å². The number of carbonyl (C=O) groups is 3. The number of nitrogens with one attached hydrogen (secondary N) is 1. The molecule has 224 valence electrons. The van der Waals surface area contributed by atoms with E-state index in [0.29, 0.717) is 23.7 Å². The molecule has 3 rings (SSSR count). The molecule has 0 radical (unpaired) electrons. The third-order valence-electron chi connectivity index (χ3n) is 8.64. The number of methoxy groups -OCH3 is 3. The van der Waals surface area contributed by atoms with E-state index < -0.39 is 23.9 Å². The Morgan fingerprint density at radius 3 is 1.90 bits per heavy atom. The minimum absolute atomic E-state index is 0.00737. The van der Waals surface area contributed by atoms with Crippen LogP contribution in [0.4, 0.5) is 4.79 Å². The summed E-state index contributed by atoms with van der Waals surface area (Å²) in [5.41, 5.74) is 6.51.